The van der Waals surface area contributed by atoms with Gasteiger partial charge in [-0.05, 0) is 107 Å². The molecule has 2 heterocycles. The monoisotopic (exact) mass is 763 g/mol. The van der Waals surface area contributed by atoms with Crippen molar-refractivity contribution in [3.05, 3.63) is 34.9 Å². The van der Waals surface area contributed by atoms with Gasteiger partial charge in [0.15, 0.2) is 0 Å². The largest absolute Gasteiger partial charge is 0.385 e. The number of hydrogen-bond donors (Lipinski definition) is 5. The molecule has 53 heavy (non-hydrogen) atoms. The summed E-state index contributed by atoms with van der Waals surface area (Å²) in [5.74, 6) is 0.587. The maximum absolute atomic E-state index is 13.4. The van der Waals surface area contributed by atoms with E-state index < -0.39 is 5.60 Å². The quantitative estimate of drug-likeness (QED) is 0.117. The highest BCUT2D eigenvalue weighted by Crippen LogP contribution is 2.40. The van der Waals surface area contributed by atoms with Crippen molar-refractivity contribution in [2.45, 2.75) is 148 Å². The minimum absolute atomic E-state index is 0.0214. The Bertz CT molecular complexity index is 1200. The van der Waals surface area contributed by atoms with Gasteiger partial charge < -0.3 is 41.3 Å². The van der Waals surface area contributed by atoms with E-state index in [1.165, 1.54) is 38.5 Å². The van der Waals surface area contributed by atoms with Crippen molar-refractivity contribution < 1.29 is 19.4 Å². The van der Waals surface area contributed by atoms with E-state index in [-0.39, 0.29) is 41.5 Å². The third-order valence-corrected chi connectivity index (χ3v) is 11.6. The molecule has 2 aliphatic heterocycles. The Labute approximate surface area is 327 Å². The lowest BCUT2D eigenvalue weighted by Gasteiger charge is -2.43. The van der Waals surface area contributed by atoms with Crippen molar-refractivity contribution in [3.8, 4) is 0 Å². The van der Waals surface area contributed by atoms with Crippen LogP contribution >= 0.6 is 11.6 Å². The lowest BCUT2D eigenvalue weighted by molar-refractivity contribution is -0.0564. The summed E-state index contributed by atoms with van der Waals surface area (Å²) in [5, 5.41) is 22.2. The minimum Gasteiger partial charge on any atom is -0.385 e. The summed E-state index contributed by atoms with van der Waals surface area (Å²) in [6.45, 7) is 13.2. The predicted molar refractivity (Wildman–Crippen MR) is 218 cm³/mol. The first-order chi connectivity index (χ1) is 25.3. The summed E-state index contributed by atoms with van der Waals surface area (Å²) in [5.41, 5.74) is 6.33. The van der Waals surface area contributed by atoms with Gasteiger partial charge in [-0.15, -0.1) is 0 Å². The number of rotatable bonds is 15. The predicted octanol–water partition coefficient (Wildman–Crippen LogP) is 7.66. The Morgan fingerprint density at radius 3 is 2.25 bits per heavy atom. The van der Waals surface area contributed by atoms with Crippen LogP contribution in [-0.2, 0) is 10.3 Å². The number of likely N-dealkylation sites (N-methyl/N-ethyl adjacent to an activating group) is 1. The van der Waals surface area contributed by atoms with Gasteiger partial charge in [0.1, 0.15) is 0 Å². The smallest absolute Gasteiger partial charge is 0.317 e. The summed E-state index contributed by atoms with van der Waals surface area (Å²) >= 11 is 6.30. The van der Waals surface area contributed by atoms with Gasteiger partial charge >= 0.3 is 12.1 Å². The van der Waals surface area contributed by atoms with Gasteiger partial charge in [0.2, 0.25) is 0 Å². The van der Waals surface area contributed by atoms with Crippen LogP contribution in [0.1, 0.15) is 130 Å². The van der Waals surface area contributed by atoms with Crippen LogP contribution in [0.4, 0.5) is 9.59 Å². The molecule has 1 aromatic carbocycles. The number of methoxy groups -OCH3 is 1. The Hall–Kier alpha value is -2.11. The minimum atomic E-state index is -1.04. The Kier molecular flexibility index (Phi) is 19.7. The number of carbonyl (C=O) groups excluding carboxylic acids is 2. The molecule has 3 aliphatic rings. The van der Waals surface area contributed by atoms with E-state index in [1.807, 2.05) is 48.0 Å². The third kappa shape index (κ3) is 15.9. The SMILES string of the molecule is CNC[C@H](CC(C)(C)C)NC(=O)N1CCCCC1.COCCCC[C@@](O)(c1cccc(Cl)c1)[C@@H]1CCCN(C(=O)N[C@@H](CC2CCCCC2)[C@@H](C)N)C1. The van der Waals surface area contributed by atoms with Crippen LogP contribution in [0.2, 0.25) is 5.02 Å². The zero-order valence-electron chi connectivity index (χ0n) is 34.1. The van der Waals surface area contributed by atoms with E-state index in [4.69, 9.17) is 22.1 Å². The van der Waals surface area contributed by atoms with Gasteiger partial charge in [-0.25, -0.2) is 9.59 Å². The highest BCUT2D eigenvalue weighted by molar-refractivity contribution is 6.30. The van der Waals surface area contributed by atoms with E-state index in [9.17, 15) is 14.7 Å². The highest BCUT2D eigenvalue weighted by Gasteiger charge is 2.41. The fourth-order valence-electron chi connectivity index (χ4n) is 8.49. The molecule has 11 heteroatoms. The number of carbonyl (C=O) groups is 2. The fourth-order valence-corrected chi connectivity index (χ4v) is 8.68. The van der Waals surface area contributed by atoms with E-state index in [2.05, 4.69) is 36.7 Å². The summed E-state index contributed by atoms with van der Waals surface area (Å²) in [7, 11) is 3.63. The van der Waals surface area contributed by atoms with Crippen LogP contribution in [0.5, 0.6) is 0 Å². The second-order valence-corrected chi connectivity index (χ2v) is 17.8. The molecule has 0 spiro atoms. The summed E-state index contributed by atoms with van der Waals surface area (Å²) in [4.78, 5) is 29.4. The van der Waals surface area contributed by atoms with E-state index >= 15 is 0 Å². The number of piperidine rings is 2. The number of halogens is 1. The molecule has 0 unspecified atom stereocenters. The average molecular weight is 764 g/mol. The van der Waals surface area contributed by atoms with Crippen molar-refractivity contribution in [2.24, 2.45) is 23.0 Å². The number of urea groups is 2. The number of nitrogens with two attached hydrogens (primary N) is 1. The molecular formula is C42H75ClN6O4. The lowest BCUT2D eigenvalue weighted by atomic mass is 9.74. The lowest BCUT2D eigenvalue weighted by Crippen LogP contribution is -2.55. The Morgan fingerprint density at radius 2 is 1.62 bits per heavy atom. The van der Waals surface area contributed by atoms with Crippen molar-refractivity contribution in [2.75, 3.05) is 53.5 Å². The molecule has 0 aromatic heterocycles. The van der Waals surface area contributed by atoms with Gasteiger partial charge in [-0.2, -0.15) is 0 Å². The number of aliphatic hydroxyl groups is 1. The summed E-state index contributed by atoms with van der Waals surface area (Å²) in [6.07, 6.45) is 15.9. The van der Waals surface area contributed by atoms with Gasteiger partial charge in [0, 0.05) is 75.5 Å². The standard InChI is InChI=1S/C28H46ClN3O3.C14H29N3O/c1-21(30)26(18-22-10-4-3-5-11-22)31-27(33)32-16-9-13-24(20-32)28(34,15-6-7-17-35-2)23-12-8-14-25(29)19-23;1-14(2,3)10-12(11-15-4)16-13(18)17-8-6-5-7-9-17/h8,12,14,19,21-22,24,26,34H,3-7,9-11,13,15-18,20,30H2,1-2H3,(H,31,33);12,15H,5-11H2,1-4H3,(H,16,18)/t21-,24-,26+,28-;12-/m10/s1. The number of ether oxygens (including phenoxy) is 1. The van der Waals surface area contributed by atoms with Crippen molar-refractivity contribution >= 4 is 23.7 Å². The molecule has 0 bridgehead atoms. The van der Waals surface area contributed by atoms with Gasteiger partial charge in [-0.3, -0.25) is 0 Å². The second-order valence-electron chi connectivity index (χ2n) is 17.3. The summed E-state index contributed by atoms with van der Waals surface area (Å²) < 4.78 is 5.21. The molecule has 5 atom stereocenters. The van der Waals surface area contributed by atoms with Crippen molar-refractivity contribution in [1.82, 2.24) is 25.8 Å². The first-order valence-electron chi connectivity index (χ1n) is 20.7. The molecule has 2 saturated heterocycles. The molecule has 4 rings (SSSR count). The number of unbranched alkanes of at least 4 members (excludes halogenated alkanes) is 1. The number of nitrogens with zero attached hydrogens (tertiary/aromatic N) is 2. The number of benzene rings is 1. The molecule has 10 nitrogen and oxygen atoms in total. The van der Waals surface area contributed by atoms with Gasteiger partial charge in [0.05, 0.1) is 5.60 Å². The van der Waals surface area contributed by atoms with Crippen LogP contribution in [0.15, 0.2) is 24.3 Å². The highest BCUT2D eigenvalue weighted by atomic mass is 35.5. The maximum atomic E-state index is 13.4. The normalized spacial score (nSPS) is 21.4. The van der Waals surface area contributed by atoms with Crippen LogP contribution in [0.25, 0.3) is 0 Å². The van der Waals surface area contributed by atoms with E-state index in [0.717, 1.165) is 76.6 Å². The van der Waals surface area contributed by atoms with Crippen molar-refractivity contribution in [3.63, 3.8) is 0 Å². The molecule has 3 fully saturated rings. The van der Waals surface area contributed by atoms with E-state index in [0.29, 0.717) is 37.1 Å². The molecule has 6 N–H and O–H groups in total. The van der Waals surface area contributed by atoms with Crippen LogP contribution in [0.3, 0.4) is 0 Å². The van der Waals surface area contributed by atoms with Crippen LogP contribution < -0.4 is 21.7 Å². The summed E-state index contributed by atoms with van der Waals surface area (Å²) in [6, 6.07) is 7.70. The number of nitrogens with one attached hydrogen (secondary N) is 3. The molecule has 0 radical (unpaired) electrons. The van der Waals surface area contributed by atoms with E-state index in [1.54, 1.807) is 7.11 Å². The molecular weight excluding hydrogens is 688 g/mol. The fraction of sp³-hybridized carbons (Fsp3) is 0.810. The molecule has 1 aromatic rings. The van der Waals surface area contributed by atoms with Crippen LogP contribution in [-0.4, -0.2) is 98.6 Å². The molecule has 1 aliphatic carbocycles. The molecule has 304 valence electrons. The average Bonchev–Trinajstić information content (AvgIpc) is 3.13. The van der Waals surface area contributed by atoms with Crippen LogP contribution in [0, 0.1) is 17.3 Å². The van der Waals surface area contributed by atoms with Gasteiger partial charge in [0.25, 0.3) is 0 Å². The molecule has 4 amide bonds. The first kappa shape index (κ1) is 45.3. The second kappa shape index (κ2) is 23.1. The Balaban J connectivity index is 0.000000353. The van der Waals surface area contributed by atoms with Gasteiger partial charge in [-0.1, -0.05) is 76.6 Å². The zero-order valence-corrected chi connectivity index (χ0v) is 34.8. The Morgan fingerprint density at radius 1 is 0.962 bits per heavy atom. The number of amides is 4. The number of likely N-dealkylation sites (tertiary alicyclic amines) is 2. The third-order valence-electron chi connectivity index (χ3n) is 11.4. The molecule has 1 saturated carbocycles. The van der Waals surface area contributed by atoms with Crippen molar-refractivity contribution in [1.29, 1.82) is 0 Å². The zero-order chi connectivity index (χ0) is 38.9. The topological polar surface area (TPSA) is 132 Å². The number of hydrogen-bond acceptors (Lipinski definition) is 6. The maximum Gasteiger partial charge on any atom is 0.317 e. The first-order valence-corrected chi connectivity index (χ1v) is 21.1.